The number of halogens is 3. The van der Waals surface area contributed by atoms with Gasteiger partial charge in [-0.15, -0.1) is 0 Å². The van der Waals surface area contributed by atoms with Crippen molar-refractivity contribution in [1.82, 2.24) is 4.98 Å². The number of pyridine rings is 1. The molecule has 0 saturated heterocycles. The first-order valence-corrected chi connectivity index (χ1v) is 10.7. The van der Waals surface area contributed by atoms with Crippen LogP contribution in [-0.2, 0) is 6.54 Å². The molecule has 0 aliphatic heterocycles. The lowest BCUT2D eigenvalue weighted by Crippen LogP contribution is -2.22. The van der Waals surface area contributed by atoms with Crippen LogP contribution < -0.4 is 10.6 Å². The molecule has 2 N–H and O–H groups in total. The van der Waals surface area contributed by atoms with Crippen LogP contribution in [-0.4, -0.2) is 11.0 Å². The van der Waals surface area contributed by atoms with Crippen molar-refractivity contribution in [3.05, 3.63) is 76.9 Å². The van der Waals surface area contributed by atoms with Gasteiger partial charge >= 0.3 is 0 Å². The van der Waals surface area contributed by atoms with E-state index in [9.17, 15) is 8.78 Å². The van der Waals surface area contributed by atoms with Crippen molar-refractivity contribution in [1.29, 1.82) is 0 Å². The van der Waals surface area contributed by atoms with Gasteiger partial charge in [-0.25, -0.2) is 13.8 Å². The van der Waals surface area contributed by atoms with Gasteiger partial charge in [-0.2, -0.15) is 0 Å². The van der Waals surface area contributed by atoms with Crippen LogP contribution >= 0.6 is 11.6 Å². The summed E-state index contributed by atoms with van der Waals surface area (Å²) < 4.78 is 28.0. The minimum Gasteiger partial charge on any atom is -0.381 e. The molecule has 0 bridgehead atoms. The highest BCUT2D eigenvalue weighted by Crippen LogP contribution is 2.33. The van der Waals surface area contributed by atoms with E-state index in [4.69, 9.17) is 11.6 Å². The molecule has 1 saturated carbocycles. The summed E-state index contributed by atoms with van der Waals surface area (Å²) >= 11 is 6.37. The molecule has 1 heterocycles. The molecule has 1 aliphatic rings. The van der Waals surface area contributed by atoms with E-state index in [1.165, 1.54) is 37.5 Å². The number of nitrogens with one attached hydrogen (secondary N) is 2. The van der Waals surface area contributed by atoms with Crippen molar-refractivity contribution in [2.75, 3.05) is 10.6 Å². The van der Waals surface area contributed by atoms with Crippen molar-refractivity contribution in [3.63, 3.8) is 0 Å². The minimum atomic E-state index is -0.358. The maximum atomic E-state index is 14.7. The highest BCUT2D eigenvalue weighted by Gasteiger charge is 2.16. The summed E-state index contributed by atoms with van der Waals surface area (Å²) in [6.07, 6.45) is 7.50. The van der Waals surface area contributed by atoms with Crippen molar-refractivity contribution in [3.8, 4) is 11.1 Å². The van der Waals surface area contributed by atoms with E-state index in [0.717, 1.165) is 24.1 Å². The summed E-state index contributed by atoms with van der Waals surface area (Å²) in [7, 11) is 0. The molecule has 30 heavy (non-hydrogen) atoms. The highest BCUT2D eigenvalue weighted by molar-refractivity contribution is 6.33. The summed E-state index contributed by atoms with van der Waals surface area (Å²) in [5.41, 5.74) is 2.53. The van der Waals surface area contributed by atoms with Crippen LogP contribution in [0.1, 0.15) is 37.7 Å². The van der Waals surface area contributed by atoms with Crippen LogP contribution in [0.25, 0.3) is 11.1 Å². The number of benzene rings is 2. The molecule has 3 aromatic rings. The maximum Gasteiger partial charge on any atom is 0.131 e. The van der Waals surface area contributed by atoms with Gasteiger partial charge in [0, 0.05) is 35.6 Å². The topological polar surface area (TPSA) is 37.0 Å². The Labute approximate surface area is 180 Å². The van der Waals surface area contributed by atoms with Gasteiger partial charge in [0.25, 0.3) is 0 Å². The van der Waals surface area contributed by atoms with E-state index in [0.29, 0.717) is 34.6 Å². The van der Waals surface area contributed by atoms with E-state index in [-0.39, 0.29) is 11.6 Å². The molecule has 6 heteroatoms. The lowest BCUT2D eigenvalue weighted by atomic mass is 9.95. The van der Waals surface area contributed by atoms with Gasteiger partial charge in [0.1, 0.15) is 17.5 Å². The molecule has 0 unspecified atom stereocenters. The first kappa shape index (κ1) is 20.6. The van der Waals surface area contributed by atoms with E-state index in [2.05, 4.69) is 15.6 Å². The minimum absolute atomic E-state index is 0.282. The van der Waals surface area contributed by atoms with E-state index < -0.39 is 0 Å². The Morgan fingerprint density at radius 2 is 1.80 bits per heavy atom. The van der Waals surface area contributed by atoms with Gasteiger partial charge in [-0.1, -0.05) is 43.0 Å². The molecular weight excluding hydrogens is 404 g/mol. The highest BCUT2D eigenvalue weighted by atomic mass is 35.5. The zero-order valence-corrected chi connectivity index (χ0v) is 17.4. The molecule has 0 spiro atoms. The van der Waals surface area contributed by atoms with Crippen LogP contribution in [0.4, 0.5) is 20.3 Å². The monoisotopic (exact) mass is 427 g/mol. The smallest absolute Gasteiger partial charge is 0.131 e. The Bertz CT molecular complexity index is 1020. The van der Waals surface area contributed by atoms with Crippen LogP contribution in [0.2, 0.25) is 5.02 Å². The fraction of sp³-hybridized carbons (Fsp3) is 0.292. The van der Waals surface area contributed by atoms with Crippen LogP contribution in [0.5, 0.6) is 0 Å². The Kier molecular flexibility index (Phi) is 6.48. The van der Waals surface area contributed by atoms with Crippen LogP contribution in [0, 0.1) is 11.6 Å². The molecule has 1 aliphatic carbocycles. The van der Waals surface area contributed by atoms with Crippen molar-refractivity contribution in [2.24, 2.45) is 0 Å². The molecular formula is C24H24ClF2N3. The predicted molar refractivity (Wildman–Crippen MR) is 119 cm³/mol. The number of aromatic nitrogens is 1. The molecule has 1 fully saturated rings. The Morgan fingerprint density at radius 3 is 2.60 bits per heavy atom. The van der Waals surface area contributed by atoms with Crippen molar-refractivity contribution < 1.29 is 8.78 Å². The van der Waals surface area contributed by atoms with Gasteiger partial charge < -0.3 is 10.6 Å². The lowest BCUT2D eigenvalue weighted by molar-refractivity contribution is 0.462. The maximum absolute atomic E-state index is 14.7. The molecule has 1 aromatic heterocycles. The number of rotatable bonds is 6. The lowest BCUT2D eigenvalue weighted by Gasteiger charge is -2.23. The molecule has 3 nitrogen and oxygen atoms in total. The molecule has 0 amide bonds. The largest absolute Gasteiger partial charge is 0.381 e. The normalized spacial score (nSPS) is 14.5. The van der Waals surface area contributed by atoms with E-state index in [1.807, 2.05) is 12.1 Å². The summed E-state index contributed by atoms with van der Waals surface area (Å²) in [6, 6.07) is 13.4. The second-order valence-electron chi connectivity index (χ2n) is 7.71. The van der Waals surface area contributed by atoms with E-state index in [1.54, 1.807) is 24.4 Å². The SMILES string of the molecule is Fc1cccc(CNc2ccc(F)c(-c3cc(NC4CCCCC4)ncc3Cl)c2)c1. The quantitative estimate of drug-likeness (QED) is 0.443. The fourth-order valence-electron chi connectivity index (χ4n) is 3.87. The zero-order chi connectivity index (χ0) is 20.9. The van der Waals surface area contributed by atoms with Crippen LogP contribution in [0.3, 0.4) is 0 Å². The van der Waals surface area contributed by atoms with Gasteiger partial charge in [-0.05, 0) is 54.8 Å². The third-order valence-corrected chi connectivity index (χ3v) is 5.76. The average molecular weight is 428 g/mol. The van der Waals surface area contributed by atoms with Gasteiger partial charge in [0.2, 0.25) is 0 Å². The van der Waals surface area contributed by atoms with Gasteiger partial charge in [0.05, 0.1) is 5.02 Å². The molecule has 0 radical (unpaired) electrons. The molecule has 2 aromatic carbocycles. The van der Waals surface area contributed by atoms with Crippen LogP contribution in [0.15, 0.2) is 54.7 Å². The Balaban J connectivity index is 1.55. The summed E-state index contributed by atoms with van der Waals surface area (Å²) in [5, 5.41) is 7.07. The summed E-state index contributed by atoms with van der Waals surface area (Å²) in [5.74, 6) is 0.0671. The first-order valence-electron chi connectivity index (χ1n) is 10.3. The zero-order valence-electron chi connectivity index (χ0n) is 16.6. The van der Waals surface area contributed by atoms with Gasteiger partial charge in [-0.3, -0.25) is 0 Å². The molecule has 4 rings (SSSR count). The predicted octanol–water partition coefficient (Wildman–Crippen LogP) is 7.04. The number of nitrogens with zero attached hydrogens (tertiary/aromatic N) is 1. The van der Waals surface area contributed by atoms with Crippen molar-refractivity contribution in [2.45, 2.75) is 44.7 Å². The standard InChI is InChI=1S/C24H24ClF2N3/c25-22-15-29-24(30-18-7-2-1-3-8-18)13-20(22)21-12-19(9-10-23(21)27)28-14-16-5-4-6-17(26)11-16/h4-6,9-13,15,18,28H,1-3,7-8,14H2,(H,29,30). The summed E-state index contributed by atoms with van der Waals surface area (Å²) in [6.45, 7) is 0.432. The second kappa shape index (κ2) is 9.43. The second-order valence-corrected chi connectivity index (χ2v) is 8.11. The van der Waals surface area contributed by atoms with Crippen molar-refractivity contribution >= 4 is 23.1 Å². The number of anilines is 2. The van der Waals surface area contributed by atoms with E-state index >= 15 is 0 Å². The number of hydrogen-bond acceptors (Lipinski definition) is 3. The Hall–Kier alpha value is -2.66. The Morgan fingerprint density at radius 1 is 0.967 bits per heavy atom. The molecule has 156 valence electrons. The molecule has 0 atom stereocenters. The number of hydrogen-bond donors (Lipinski definition) is 2. The summed E-state index contributed by atoms with van der Waals surface area (Å²) in [4.78, 5) is 4.38. The average Bonchev–Trinajstić information content (AvgIpc) is 2.75. The third-order valence-electron chi connectivity index (χ3n) is 5.45. The first-order chi connectivity index (χ1) is 14.6. The van der Waals surface area contributed by atoms with Gasteiger partial charge in [0.15, 0.2) is 0 Å². The third kappa shape index (κ3) is 5.08. The fourth-order valence-corrected chi connectivity index (χ4v) is 4.08.